The maximum absolute atomic E-state index is 11.9. The molecule has 0 bridgehead atoms. The largest absolute Gasteiger partial charge is 0.317 e. The van der Waals surface area contributed by atoms with Gasteiger partial charge in [-0.1, -0.05) is 13.0 Å². The summed E-state index contributed by atoms with van der Waals surface area (Å²) < 4.78 is 27.1. The fourth-order valence-corrected chi connectivity index (χ4v) is 3.11. The van der Waals surface area contributed by atoms with Gasteiger partial charge < -0.3 is 5.32 Å². The van der Waals surface area contributed by atoms with Crippen molar-refractivity contribution in [3.05, 3.63) is 28.2 Å². The van der Waals surface area contributed by atoms with E-state index in [4.69, 9.17) is 0 Å². The van der Waals surface area contributed by atoms with Crippen LogP contribution in [-0.4, -0.2) is 27.3 Å². The molecular formula is C12H19BrN2O2S. The highest BCUT2D eigenvalue weighted by Crippen LogP contribution is 2.24. The summed E-state index contributed by atoms with van der Waals surface area (Å²) in [7, 11) is -3.27. The molecule has 0 saturated heterocycles. The first-order valence-electron chi connectivity index (χ1n) is 5.92. The number of anilines is 1. The van der Waals surface area contributed by atoms with Crippen molar-refractivity contribution in [3.8, 4) is 0 Å². The third kappa shape index (κ3) is 5.37. The summed E-state index contributed by atoms with van der Waals surface area (Å²) in [5.74, 6) is 0.125. The summed E-state index contributed by atoms with van der Waals surface area (Å²) in [5.41, 5.74) is 1.61. The number of benzene rings is 1. The molecule has 0 aliphatic rings. The first-order chi connectivity index (χ1) is 8.44. The minimum atomic E-state index is -3.27. The van der Waals surface area contributed by atoms with Crippen molar-refractivity contribution in [2.24, 2.45) is 0 Å². The molecule has 2 N–H and O–H groups in total. The molecule has 6 heteroatoms. The van der Waals surface area contributed by atoms with Crippen LogP contribution in [0.5, 0.6) is 0 Å². The predicted molar refractivity (Wildman–Crippen MR) is 79.4 cm³/mol. The summed E-state index contributed by atoms with van der Waals surface area (Å²) in [6.07, 6.45) is 0.604. The van der Waals surface area contributed by atoms with E-state index in [0.717, 1.165) is 16.6 Å². The second-order valence-electron chi connectivity index (χ2n) is 4.11. The molecule has 0 heterocycles. The summed E-state index contributed by atoms with van der Waals surface area (Å²) in [6.45, 7) is 5.50. The molecule has 102 valence electrons. The van der Waals surface area contributed by atoms with Gasteiger partial charge in [-0.05, 0) is 60.1 Å². The zero-order chi connectivity index (χ0) is 13.6. The number of halogens is 1. The summed E-state index contributed by atoms with van der Waals surface area (Å²) in [5, 5.41) is 3.10. The Labute approximate surface area is 117 Å². The molecule has 18 heavy (non-hydrogen) atoms. The van der Waals surface area contributed by atoms with Crippen LogP contribution in [0, 0.1) is 6.92 Å². The first kappa shape index (κ1) is 15.5. The van der Waals surface area contributed by atoms with Crippen LogP contribution in [0.15, 0.2) is 22.7 Å². The van der Waals surface area contributed by atoms with Gasteiger partial charge >= 0.3 is 0 Å². The van der Waals surface area contributed by atoms with Crippen molar-refractivity contribution in [2.45, 2.75) is 20.3 Å². The van der Waals surface area contributed by atoms with Crippen molar-refractivity contribution in [3.63, 3.8) is 0 Å². The third-order valence-corrected chi connectivity index (χ3v) is 4.45. The molecule has 0 radical (unpaired) electrons. The van der Waals surface area contributed by atoms with E-state index in [1.54, 1.807) is 0 Å². The molecule has 4 nitrogen and oxygen atoms in total. The quantitative estimate of drug-likeness (QED) is 0.753. The lowest BCUT2D eigenvalue weighted by Crippen LogP contribution is -2.22. The lowest BCUT2D eigenvalue weighted by molar-refractivity contribution is 0.595. The van der Waals surface area contributed by atoms with Crippen molar-refractivity contribution < 1.29 is 8.42 Å². The van der Waals surface area contributed by atoms with E-state index in [1.165, 1.54) is 0 Å². The summed E-state index contributed by atoms with van der Waals surface area (Å²) in [4.78, 5) is 0. The molecule has 0 fully saturated rings. The van der Waals surface area contributed by atoms with Crippen molar-refractivity contribution in [1.82, 2.24) is 5.32 Å². The van der Waals surface area contributed by atoms with Crippen molar-refractivity contribution in [1.29, 1.82) is 0 Å². The molecule has 0 saturated carbocycles. The van der Waals surface area contributed by atoms with Gasteiger partial charge in [0.2, 0.25) is 10.0 Å². The van der Waals surface area contributed by atoms with E-state index in [2.05, 4.69) is 26.0 Å². The summed E-state index contributed by atoms with van der Waals surface area (Å²) in [6, 6.07) is 5.57. The van der Waals surface area contributed by atoms with Crippen LogP contribution in [-0.2, 0) is 10.0 Å². The Bertz CT molecular complexity index is 489. The standard InChI is InChI=1S/C12H19BrN2O2S/c1-3-14-7-4-8-18(16,17)15-12-9-10(2)5-6-11(12)13/h5-6,9,14-15H,3-4,7-8H2,1-2H3. The topological polar surface area (TPSA) is 58.2 Å². The van der Waals surface area contributed by atoms with Gasteiger partial charge in [0.15, 0.2) is 0 Å². The number of aryl methyl sites for hydroxylation is 1. The van der Waals surface area contributed by atoms with E-state index < -0.39 is 10.0 Å². The lowest BCUT2D eigenvalue weighted by atomic mass is 10.2. The normalized spacial score (nSPS) is 11.5. The zero-order valence-electron chi connectivity index (χ0n) is 10.7. The Hall–Kier alpha value is -0.590. The Balaban J connectivity index is 2.62. The molecule has 0 aromatic heterocycles. The fraction of sp³-hybridized carbons (Fsp3) is 0.500. The molecular weight excluding hydrogens is 316 g/mol. The second-order valence-corrected chi connectivity index (χ2v) is 6.81. The van der Waals surface area contributed by atoms with Crippen molar-refractivity contribution >= 4 is 31.6 Å². The molecule has 0 spiro atoms. The highest BCUT2D eigenvalue weighted by molar-refractivity contribution is 9.10. The van der Waals surface area contributed by atoms with Crippen LogP contribution >= 0.6 is 15.9 Å². The van der Waals surface area contributed by atoms with E-state index in [-0.39, 0.29) is 5.75 Å². The van der Waals surface area contributed by atoms with Gasteiger partial charge in [-0.3, -0.25) is 4.72 Å². The Morgan fingerprint density at radius 2 is 2.06 bits per heavy atom. The van der Waals surface area contributed by atoms with Gasteiger partial charge in [-0.25, -0.2) is 8.42 Å². The Morgan fingerprint density at radius 3 is 2.72 bits per heavy atom. The average molecular weight is 335 g/mol. The SMILES string of the molecule is CCNCCCS(=O)(=O)Nc1cc(C)ccc1Br. The third-order valence-electron chi connectivity index (χ3n) is 2.40. The molecule has 1 aromatic rings. The van der Waals surface area contributed by atoms with E-state index in [9.17, 15) is 8.42 Å². The number of hydrogen-bond donors (Lipinski definition) is 2. The number of rotatable bonds is 7. The maximum atomic E-state index is 11.9. The van der Waals surface area contributed by atoms with Gasteiger partial charge in [0, 0.05) is 4.47 Å². The smallest absolute Gasteiger partial charge is 0.232 e. The van der Waals surface area contributed by atoms with Crippen LogP contribution < -0.4 is 10.0 Å². The van der Waals surface area contributed by atoms with E-state index in [1.807, 2.05) is 32.0 Å². The van der Waals surface area contributed by atoms with Gasteiger partial charge in [-0.2, -0.15) is 0 Å². The Morgan fingerprint density at radius 1 is 1.33 bits per heavy atom. The van der Waals surface area contributed by atoms with Crippen LogP contribution in [0.1, 0.15) is 18.9 Å². The lowest BCUT2D eigenvalue weighted by Gasteiger charge is -2.10. The molecule has 0 aliphatic heterocycles. The summed E-state index contributed by atoms with van der Waals surface area (Å²) >= 11 is 3.34. The second kappa shape index (κ2) is 7.11. The van der Waals surface area contributed by atoms with E-state index >= 15 is 0 Å². The minimum Gasteiger partial charge on any atom is -0.317 e. The zero-order valence-corrected chi connectivity index (χ0v) is 13.1. The molecule has 0 aliphatic carbocycles. The molecule has 1 aromatic carbocycles. The Kier molecular flexibility index (Phi) is 6.11. The molecule has 1 rings (SSSR count). The monoisotopic (exact) mass is 334 g/mol. The average Bonchev–Trinajstić information content (AvgIpc) is 2.29. The first-order valence-corrected chi connectivity index (χ1v) is 8.36. The van der Waals surface area contributed by atoms with Gasteiger partial charge in [0.25, 0.3) is 0 Å². The van der Waals surface area contributed by atoms with Crippen LogP contribution in [0.3, 0.4) is 0 Å². The number of sulfonamides is 1. The molecule has 0 unspecified atom stereocenters. The fourth-order valence-electron chi connectivity index (χ4n) is 1.50. The highest BCUT2D eigenvalue weighted by atomic mass is 79.9. The van der Waals surface area contributed by atoms with Crippen LogP contribution in [0.4, 0.5) is 5.69 Å². The van der Waals surface area contributed by atoms with Crippen molar-refractivity contribution in [2.75, 3.05) is 23.6 Å². The highest BCUT2D eigenvalue weighted by Gasteiger charge is 2.11. The van der Waals surface area contributed by atoms with Gasteiger partial charge in [-0.15, -0.1) is 0 Å². The van der Waals surface area contributed by atoms with E-state index in [0.29, 0.717) is 18.7 Å². The predicted octanol–water partition coefficient (Wildman–Crippen LogP) is 2.50. The number of nitrogens with one attached hydrogen (secondary N) is 2. The van der Waals surface area contributed by atoms with Crippen LogP contribution in [0.25, 0.3) is 0 Å². The molecule has 0 atom stereocenters. The van der Waals surface area contributed by atoms with Gasteiger partial charge in [0.05, 0.1) is 11.4 Å². The van der Waals surface area contributed by atoms with Crippen LogP contribution in [0.2, 0.25) is 0 Å². The van der Waals surface area contributed by atoms with Gasteiger partial charge in [0.1, 0.15) is 0 Å². The maximum Gasteiger partial charge on any atom is 0.232 e. The number of hydrogen-bond acceptors (Lipinski definition) is 3. The minimum absolute atomic E-state index is 0.125. The molecule has 0 amide bonds.